The number of benzene rings is 1. The predicted molar refractivity (Wildman–Crippen MR) is 91.1 cm³/mol. The molecule has 0 bridgehead atoms. The van der Waals surface area contributed by atoms with Crippen LogP contribution in [0.5, 0.6) is 5.75 Å². The Morgan fingerprint density at radius 1 is 1.50 bits per heavy atom. The van der Waals surface area contributed by atoms with E-state index in [4.69, 9.17) is 4.74 Å². The molecule has 118 valence electrons. The fourth-order valence-electron chi connectivity index (χ4n) is 3.21. The highest BCUT2D eigenvalue weighted by Gasteiger charge is 2.30. The highest BCUT2D eigenvalue weighted by atomic mass is 32.1. The molecule has 22 heavy (non-hydrogen) atoms. The van der Waals surface area contributed by atoms with Crippen molar-refractivity contribution in [2.24, 2.45) is 0 Å². The second-order valence-electron chi connectivity index (χ2n) is 5.77. The maximum Gasteiger partial charge on any atom is 0.264 e. The zero-order valence-corrected chi connectivity index (χ0v) is 14.1. The lowest BCUT2D eigenvalue weighted by Crippen LogP contribution is -2.40. The molecule has 1 atom stereocenters. The van der Waals surface area contributed by atoms with Crippen molar-refractivity contribution in [2.45, 2.75) is 25.8 Å². The number of thiophene rings is 1. The summed E-state index contributed by atoms with van der Waals surface area (Å²) in [7, 11) is 3.61. The van der Waals surface area contributed by atoms with Crippen molar-refractivity contribution >= 4 is 27.3 Å². The Kier molecular flexibility index (Phi) is 4.36. The summed E-state index contributed by atoms with van der Waals surface area (Å²) in [5.74, 6) is 1.01. The van der Waals surface area contributed by atoms with E-state index in [1.807, 2.05) is 37.1 Å². The van der Waals surface area contributed by atoms with Gasteiger partial charge < -0.3 is 15.0 Å². The van der Waals surface area contributed by atoms with Gasteiger partial charge in [-0.3, -0.25) is 4.79 Å². The first-order valence-corrected chi connectivity index (χ1v) is 8.50. The number of hydrogen-bond donors (Lipinski definition) is 1. The van der Waals surface area contributed by atoms with Crippen LogP contribution in [-0.2, 0) is 0 Å². The second kappa shape index (κ2) is 6.26. The number of nitrogens with one attached hydrogen (secondary N) is 1. The molecule has 2 heterocycles. The van der Waals surface area contributed by atoms with E-state index < -0.39 is 0 Å². The topological polar surface area (TPSA) is 41.6 Å². The molecule has 1 fully saturated rings. The number of aryl methyl sites for hydroxylation is 1. The minimum absolute atomic E-state index is 0.176. The molecule has 1 N–H and O–H groups in total. The zero-order chi connectivity index (χ0) is 15.7. The number of amides is 1. The quantitative estimate of drug-likeness (QED) is 0.942. The number of likely N-dealkylation sites (tertiary alicyclic amines) is 1. The molecular weight excluding hydrogens is 296 g/mol. The molecule has 2 aromatic rings. The molecule has 1 aliphatic heterocycles. The van der Waals surface area contributed by atoms with Crippen LogP contribution in [-0.4, -0.2) is 44.1 Å². The van der Waals surface area contributed by atoms with E-state index in [2.05, 4.69) is 5.32 Å². The van der Waals surface area contributed by atoms with Gasteiger partial charge in [-0.05, 0) is 56.0 Å². The first-order chi connectivity index (χ1) is 10.7. The van der Waals surface area contributed by atoms with Gasteiger partial charge >= 0.3 is 0 Å². The van der Waals surface area contributed by atoms with Gasteiger partial charge in [0.05, 0.1) is 12.0 Å². The Morgan fingerprint density at radius 3 is 3.05 bits per heavy atom. The molecule has 5 heteroatoms. The lowest BCUT2D eigenvalue weighted by molar-refractivity contribution is 0.0741. The molecule has 0 radical (unpaired) electrons. The number of methoxy groups -OCH3 is 1. The number of hydrogen-bond acceptors (Lipinski definition) is 4. The molecule has 1 aromatic heterocycles. The molecule has 1 saturated heterocycles. The number of carbonyl (C=O) groups excluding carboxylic acids is 1. The van der Waals surface area contributed by atoms with Crippen LogP contribution < -0.4 is 10.1 Å². The Bertz CT molecular complexity index is 695. The SMILES string of the molecule is CNC[C@@H]1CCCN1C(=O)c1sc2ccc(OC)cc2c1C. The third kappa shape index (κ3) is 2.59. The van der Waals surface area contributed by atoms with Gasteiger partial charge in [-0.15, -0.1) is 11.3 Å². The van der Waals surface area contributed by atoms with Crippen LogP contribution in [0.1, 0.15) is 28.1 Å². The first-order valence-electron chi connectivity index (χ1n) is 7.68. The van der Waals surface area contributed by atoms with Crippen LogP contribution in [0.4, 0.5) is 0 Å². The number of rotatable bonds is 4. The average molecular weight is 318 g/mol. The van der Waals surface area contributed by atoms with Crippen molar-refractivity contribution in [3.8, 4) is 5.75 Å². The van der Waals surface area contributed by atoms with Crippen LogP contribution in [0, 0.1) is 6.92 Å². The summed E-state index contributed by atoms with van der Waals surface area (Å²) in [4.78, 5) is 15.9. The van der Waals surface area contributed by atoms with Crippen molar-refractivity contribution in [3.05, 3.63) is 28.6 Å². The number of carbonyl (C=O) groups is 1. The molecule has 1 amide bonds. The van der Waals surface area contributed by atoms with Crippen LogP contribution in [0.2, 0.25) is 0 Å². The summed E-state index contributed by atoms with van der Waals surface area (Å²) >= 11 is 1.59. The van der Waals surface area contributed by atoms with Gasteiger partial charge in [-0.25, -0.2) is 0 Å². The summed E-state index contributed by atoms with van der Waals surface area (Å²) in [5.41, 5.74) is 1.07. The summed E-state index contributed by atoms with van der Waals surface area (Å²) in [5, 5.41) is 4.32. The minimum atomic E-state index is 0.176. The fraction of sp³-hybridized carbons (Fsp3) is 0.471. The lowest BCUT2D eigenvalue weighted by atomic mass is 10.1. The Morgan fingerprint density at radius 2 is 2.32 bits per heavy atom. The third-order valence-corrected chi connectivity index (χ3v) is 5.68. The number of nitrogens with zero attached hydrogens (tertiary/aromatic N) is 1. The maximum atomic E-state index is 13.0. The number of likely N-dealkylation sites (N-methyl/N-ethyl adjacent to an activating group) is 1. The summed E-state index contributed by atoms with van der Waals surface area (Å²) in [6.45, 7) is 3.76. The first kappa shape index (κ1) is 15.3. The maximum absolute atomic E-state index is 13.0. The van der Waals surface area contributed by atoms with Gasteiger partial charge in [-0.1, -0.05) is 0 Å². The van der Waals surface area contributed by atoms with Crippen molar-refractivity contribution in [1.82, 2.24) is 10.2 Å². The normalized spacial score (nSPS) is 18.1. The van der Waals surface area contributed by atoms with Gasteiger partial charge in [0.25, 0.3) is 5.91 Å². The molecule has 0 unspecified atom stereocenters. The van der Waals surface area contributed by atoms with Crippen LogP contribution in [0.3, 0.4) is 0 Å². The number of fused-ring (bicyclic) bond motifs is 1. The molecular formula is C17H22N2O2S. The predicted octanol–water partition coefficient (Wildman–Crippen LogP) is 3.04. The van der Waals surface area contributed by atoms with Gasteiger partial charge in [0, 0.05) is 23.8 Å². The molecule has 0 saturated carbocycles. The lowest BCUT2D eigenvalue weighted by Gasteiger charge is -2.24. The highest BCUT2D eigenvalue weighted by Crippen LogP contribution is 2.35. The smallest absolute Gasteiger partial charge is 0.264 e. The zero-order valence-electron chi connectivity index (χ0n) is 13.3. The third-order valence-electron chi connectivity index (χ3n) is 4.42. The molecule has 1 aromatic carbocycles. The molecule has 0 spiro atoms. The molecule has 1 aliphatic rings. The van der Waals surface area contributed by atoms with Gasteiger partial charge in [0.1, 0.15) is 5.75 Å². The van der Waals surface area contributed by atoms with Crippen LogP contribution >= 0.6 is 11.3 Å². The van der Waals surface area contributed by atoms with Gasteiger partial charge in [-0.2, -0.15) is 0 Å². The van der Waals surface area contributed by atoms with E-state index in [-0.39, 0.29) is 5.91 Å². The van der Waals surface area contributed by atoms with Gasteiger partial charge in [0.15, 0.2) is 0 Å². The molecule has 0 aliphatic carbocycles. The van der Waals surface area contributed by atoms with Crippen molar-refractivity contribution in [1.29, 1.82) is 0 Å². The number of ether oxygens (including phenoxy) is 1. The van der Waals surface area contributed by atoms with Crippen molar-refractivity contribution in [3.63, 3.8) is 0 Å². The summed E-state index contributed by atoms with van der Waals surface area (Å²) < 4.78 is 6.44. The fourth-order valence-corrected chi connectivity index (χ4v) is 4.36. The second-order valence-corrected chi connectivity index (χ2v) is 6.82. The molecule has 4 nitrogen and oxygen atoms in total. The van der Waals surface area contributed by atoms with E-state index in [0.717, 1.165) is 52.2 Å². The van der Waals surface area contributed by atoms with E-state index in [9.17, 15) is 4.79 Å². The average Bonchev–Trinajstić information content (AvgIpc) is 3.12. The van der Waals surface area contributed by atoms with Gasteiger partial charge in [0.2, 0.25) is 0 Å². The largest absolute Gasteiger partial charge is 0.497 e. The standard InChI is InChI=1S/C17H22N2O2S/c1-11-14-9-13(21-3)6-7-15(14)22-16(11)17(20)19-8-4-5-12(19)10-18-2/h6-7,9,12,18H,4-5,8,10H2,1-3H3/t12-/m0/s1. The van der Waals surface area contributed by atoms with E-state index in [0.29, 0.717) is 6.04 Å². The summed E-state index contributed by atoms with van der Waals surface area (Å²) in [6.07, 6.45) is 2.18. The Balaban J connectivity index is 1.95. The Hall–Kier alpha value is -1.59. The minimum Gasteiger partial charge on any atom is -0.497 e. The molecule has 3 rings (SSSR count). The summed E-state index contributed by atoms with van der Waals surface area (Å²) in [6, 6.07) is 6.33. The van der Waals surface area contributed by atoms with E-state index in [1.165, 1.54) is 0 Å². The van der Waals surface area contributed by atoms with E-state index >= 15 is 0 Å². The Labute approximate surface area is 135 Å². The van der Waals surface area contributed by atoms with Crippen molar-refractivity contribution < 1.29 is 9.53 Å². The monoisotopic (exact) mass is 318 g/mol. The van der Waals surface area contributed by atoms with E-state index in [1.54, 1.807) is 18.4 Å². The van der Waals surface area contributed by atoms with Crippen LogP contribution in [0.15, 0.2) is 18.2 Å². The van der Waals surface area contributed by atoms with Crippen LogP contribution in [0.25, 0.3) is 10.1 Å². The van der Waals surface area contributed by atoms with Crippen molar-refractivity contribution in [2.75, 3.05) is 27.2 Å². The highest BCUT2D eigenvalue weighted by molar-refractivity contribution is 7.21.